The van der Waals surface area contributed by atoms with Gasteiger partial charge in [-0.1, -0.05) is 19.3 Å². The van der Waals surface area contributed by atoms with E-state index in [0.717, 1.165) is 16.8 Å². The molecular weight excluding hydrogens is 310 g/mol. The number of ether oxygens (including phenoxy) is 2. The van der Waals surface area contributed by atoms with Crippen molar-refractivity contribution in [2.24, 2.45) is 0 Å². The van der Waals surface area contributed by atoms with E-state index < -0.39 is 6.10 Å². The van der Waals surface area contributed by atoms with E-state index in [0.29, 0.717) is 12.3 Å². The molecule has 0 bridgehead atoms. The van der Waals surface area contributed by atoms with Crippen molar-refractivity contribution in [1.29, 1.82) is 0 Å². The summed E-state index contributed by atoms with van der Waals surface area (Å²) >= 11 is 1.99. The van der Waals surface area contributed by atoms with Crippen molar-refractivity contribution < 1.29 is 14.3 Å². The summed E-state index contributed by atoms with van der Waals surface area (Å²) in [5, 5.41) is 3.74. The van der Waals surface area contributed by atoms with Crippen LogP contribution in [0.1, 0.15) is 39.0 Å². The minimum absolute atomic E-state index is 0.0648. The first kappa shape index (κ1) is 18.0. The van der Waals surface area contributed by atoms with E-state index in [-0.39, 0.29) is 5.91 Å². The Morgan fingerprint density at radius 2 is 1.87 bits per heavy atom. The highest BCUT2D eigenvalue weighted by Gasteiger charge is 2.16. The highest BCUT2D eigenvalue weighted by molar-refractivity contribution is 7.99. The molecule has 1 atom stereocenters. The second-order valence-corrected chi connectivity index (χ2v) is 7.27. The van der Waals surface area contributed by atoms with Gasteiger partial charge >= 0.3 is 0 Å². The van der Waals surface area contributed by atoms with Crippen LogP contribution in [0.5, 0.6) is 11.5 Å². The summed E-state index contributed by atoms with van der Waals surface area (Å²) in [4.78, 5) is 12.1. The lowest BCUT2D eigenvalue weighted by Crippen LogP contribution is -2.37. The number of thioether (sulfide) groups is 1. The Kier molecular flexibility index (Phi) is 7.59. The molecular formula is C18H27NO3S. The molecule has 1 aromatic carbocycles. The summed E-state index contributed by atoms with van der Waals surface area (Å²) in [5.41, 5.74) is 0. The van der Waals surface area contributed by atoms with E-state index in [1.54, 1.807) is 14.0 Å². The number of carbonyl (C=O) groups is 1. The molecule has 0 saturated heterocycles. The number of benzene rings is 1. The summed E-state index contributed by atoms with van der Waals surface area (Å²) < 4.78 is 10.7. The number of hydrogen-bond donors (Lipinski definition) is 1. The van der Waals surface area contributed by atoms with Crippen LogP contribution in [0.15, 0.2) is 24.3 Å². The number of carbonyl (C=O) groups excluding carboxylic acids is 1. The van der Waals surface area contributed by atoms with Crippen LogP contribution in [-0.4, -0.2) is 36.7 Å². The van der Waals surface area contributed by atoms with Crippen LogP contribution in [0.2, 0.25) is 0 Å². The first-order valence-electron chi connectivity index (χ1n) is 8.39. The zero-order chi connectivity index (χ0) is 16.5. The van der Waals surface area contributed by atoms with Gasteiger partial charge in [-0.15, -0.1) is 0 Å². The Labute approximate surface area is 143 Å². The van der Waals surface area contributed by atoms with E-state index >= 15 is 0 Å². The Morgan fingerprint density at radius 3 is 2.52 bits per heavy atom. The highest BCUT2D eigenvalue weighted by Crippen LogP contribution is 2.27. The van der Waals surface area contributed by atoms with E-state index in [4.69, 9.17) is 9.47 Å². The van der Waals surface area contributed by atoms with Gasteiger partial charge in [-0.05, 0) is 44.0 Å². The highest BCUT2D eigenvalue weighted by atomic mass is 32.2. The molecule has 1 saturated carbocycles. The number of hydrogen-bond acceptors (Lipinski definition) is 4. The van der Waals surface area contributed by atoms with Crippen LogP contribution >= 0.6 is 11.8 Å². The molecule has 1 aliphatic carbocycles. The van der Waals surface area contributed by atoms with Crippen molar-refractivity contribution in [2.75, 3.05) is 19.4 Å². The fourth-order valence-electron chi connectivity index (χ4n) is 2.69. The van der Waals surface area contributed by atoms with E-state index in [9.17, 15) is 4.79 Å². The van der Waals surface area contributed by atoms with E-state index in [2.05, 4.69) is 5.32 Å². The second kappa shape index (κ2) is 9.71. The SMILES string of the molecule is COc1ccc(O[C@@H](C)C(=O)NCCSC2CCCCC2)cc1. The van der Waals surface area contributed by atoms with Crippen LogP contribution in [-0.2, 0) is 4.79 Å². The predicted octanol–water partition coefficient (Wildman–Crippen LogP) is 3.64. The number of rotatable bonds is 8. The Hall–Kier alpha value is -1.36. The lowest BCUT2D eigenvalue weighted by molar-refractivity contribution is -0.127. The molecule has 128 valence electrons. The average Bonchev–Trinajstić information content (AvgIpc) is 2.60. The maximum atomic E-state index is 12.1. The minimum Gasteiger partial charge on any atom is -0.497 e. The van der Waals surface area contributed by atoms with Crippen molar-refractivity contribution in [3.63, 3.8) is 0 Å². The van der Waals surface area contributed by atoms with Crippen molar-refractivity contribution >= 4 is 17.7 Å². The third kappa shape index (κ3) is 6.34. The maximum absolute atomic E-state index is 12.1. The van der Waals surface area contributed by atoms with Gasteiger partial charge in [0, 0.05) is 17.5 Å². The number of amides is 1. The van der Waals surface area contributed by atoms with Crippen LogP contribution in [0.3, 0.4) is 0 Å². The number of methoxy groups -OCH3 is 1. The van der Waals surface area contributed by atoms with Crippen molar-refractivity contribution in [3.8, 4) is 11.5 Å². The molecule has 1 aromatic rings. The zero-order valence-corrected chi connectivity index (χ0v) is 14.9. The fourth-order valence-corrected chi connectivity index (χ4v) is 3.91. The van der Waals surface area contributed by atoms with Crippen molar-refractivity contribution in [1.82, 2.24) is 5.32 Å². The third-order valence-electron chi connectivity index (χ3n) is 4.05. The van der Waals surface area contributed by atoms with Gasteiger partial charge < -0.3 is 14.8 Å². The Balaban J connectivity index is 1.63. The van der Waals surface area contributed by atoms with E-state index in [1.807, 2.05) is 36.0 Å². The van der Waals surface area contributed by atoms with Gasteiger partial charge in [-0.2, -0.15) is 11.8 Å². The lowest BCUT2D eigenvalue weighted by atomic mass is 10.0. The van der Waals surface area contributed by atoms with Gasteiger partial charge in [-0.25, -0.2) is 0 Å². The molecule has 0 radical (unpaired) electrons. The summed E-state index contributed by atoms with van der Waals surface area (Å²) in [6.45, 7) is 2.48. The summed E-state index contributed by atoms with van der Waals surface area (Å²) in [6, 6.07) is 7.25. The molecule has 0 heterocycles. The smallest absolute Gasteiger partial charge is 0.260 e. The van der Waals surface area contributed by atoms with Gasteiger partial charge in [0.2, 0.25) is 0 Å². The molecule has 0 spiro atoms. The molecule has 1 fully saturated rings. The van der Waals surface area contributed by atoms with Crippen LogP contribution in [0.25, 0.3) is 0 Å². The number of nitrogens with one attached hydrogen (secondary N) is 1. The fraction of sp³-hybridized carbons (Fsp3) is 0.611. The molecule has 5 heteroatoms. The molecule has 0 aromatic heterocycles. The minimum atomic E-state index is -0.497. The Morgan fingerprint density at radius 1 is 1.22 bits per heavy atom. The predicted molar refractivity (Wildman–Crippen MR) is 95.4 cm³/mol. The summed E-state index contributed by atoms with van der Waals surface area (Å²) in [6.07, 6.45) is 6.26. The standard InChI is InChI=1S/C18H27NO3S/c1-14(22-16-10-8-15(21-2)9-11-16)18(20)19-12-13-23-17-6-4-3-5-7-17/h8-11,14,17H,3-7,12-13H2,1-2H3,(H,19,20)/t14-/m0/s1. The normalized spacial score (nSPS) is 16.6. The van der Waals surface area contributed by atoms with Crippen molar-refractivity contribution in [2.45, 2.75) is 50.4 Å². The topological polar surface area (TPSA) is 47.6 Å². The van der Waals surface area contributed by atoms with Crippen LogP contribution < -0.4 is 14.8 Å². The summed E-state index contributed by atoms with van der Waals surface area (Å²) in [7, 11) is 1.62. The second-order valence-electron chi connectivity index (χ2n) is 5.86. The average molecular weight is 337 g/mol. The monoisotopic (exact) mass is 337 g/mol. The first-order chi connectivity index (χ1) is 11.2. The molecule has 23 heavy (non-hydrogen) atoms. The largest absolute Gasteiger partial charge is 0.497 e. The maximum Gasteiger partial charge on any atom is 0.260 e. The van der Waals surface area contributed by atoms with Crippen LogP contribution in [0.4, 0.5) is 0 Å². The zero-order valence-electron chi connectivity index (χ0n) is 14.0. The molecule has 2 rings (SSSR count). The molecule has 1 amide bonds. The molecule has 1 N–H and O–H groups in total. The van der Waals surface area contributed by atoms with Gasteiger partial charge in [0.25, 0.3) is 5.91 Å². The van der Waals surface area contributed by atoms with Gasteiger partial charge in [0.1, 0.15) is 11.5 Å². The van der Waals surface area contributed by atoms with E-state index in [1.165, 1.54) is 32.1 Å². The lowest BCUT2D eigenvalue weighted by Gasteiger charge is -2.21. The van der Waals surface area contributed by atoms with Gasteiger partial charge in [0.05, 0.1) is 7.11 Å². The first-order valence-corrected chi connectivity index (χ1v) is 9.44. The van der Waals surface area contributed by atoms with Gasteiger partial charge in [0.15, 0.2) is 6.10 Å². The quantitative estimate of drug-likeness (QED) is 0.736. The molecule has 4 nitrogen and oxygen atoms in total. The van der Waals surface area contributed by atoms with Crippen molar-refractivity contribution in [3.05, 3.63) is 24.3 Å². The van der Waals surface area contributed by atoms with Gasteiger partial charge in [-0.3, -0.25) is 4.79 Å². The van der Waals surface area contributed by atoms with Crippen LogP contribution in [0, 0.1) is 0 Å². The molecule has 1 aliphatic rings. The third-order valence-corrected chi connectivity index (χ3v) is 5.43. The Bertz CT molecular complexity index is 472. The molecule has 0 unspecified atom stereocenters. The molecule has 0 aliphatic heterocycles. The summed E-state index contributed by atoms with van der Waals surface area (Å²) in [5.74, 6) is 2.36.